The molecule has 0 saturated carbocycles. The lowest BCUT2D eigenvalue weighted by molar-refractivity contribution is -0.147. The lowest BCUT2D eigenvalue weighted by Crippen LogP contribution is -2.37. The monoisotopic (exact) mass is 697 g/mol. The second-order valence-corrected chi connectivity index (χ2v) is 11.3. The SMILES string of the molecule is CCCOCCOCCNC(=O)C(C)CC(=O)NCCNCCN.CCCOCCOCCNC(=O)C(C)CC(=O)OCc1ccccc1. The van der Waals surface area contributed by atoms with Crippen LogP contribution in [0.1, 0.15) is 58.9 Å². The van der Waals surface area contributed by atoms with Gasteiger partial charge in [0.25, 0.3) is 0 Å². The zero-order valence-electron chi connectivity index (χ0n) is 30.2. The zero-order chi connectivity index (χ0) is 36.4. The molecule has 0 aliphatic carbocycles. The van der Waals surface area contributed by atoms with Crippen molar-refractivity contribution in [1.29, 1.82) is 0 Å². The highest BCUT2D eigenvalue weighted by atomic mass is 16.5. The Morgan fingerprint density at radius 1 is 0.633 bits per heavy atom. The van der Waals surface area contributed by atoms with E-state index in [-0.39, 0.29) is 49.1 Å². The Hall–Kier alpha value is -3.14. The van der Waals surface area contributed by atoms with Crippen LogP contribution in [-0.2, 0) is 49.5 Å². The highest BCUT2D eigenvalue weighted by molar-refractivity contribution is 5.85. The fourth-order valence-corrected chi connectivity index (χ4v) is 3.87. The molecule has 0 heterocycles. The minimum Gasteiger partial charge on any atom is -0.461 e. The summed E-state index contributed by atoms with van der Waals surface area (Å²) in [6, 6.07) is 9.45. The third-order valence-electron chi connectivity index (χ3n) is 6.58. The van der Waals surface area contributed by atoms with E-state index in [9.17, 15) is 19.2 Å². The number of ether oxygens (including phenoxy) is 5. The van der Waals surface area contributed by atoms with Crippen molar-refractivity contribution in [2.45, 2.75) is 60.0 Å². The van der Waals surface area contributed by atoms with E-state index >= 15 is 0 Å². The molecule has 0 saturated heterocycles. The average molecular weight is 698 g/mol. The first-order valence-corrected chi connectivity index (χ1v) is 17.5. The Labute approximate surface area is 293 Å². The molecule has 0 radical (unpaired) electrons. The number of amides is 3. The van der Waals surface area contributed by atoms with Gasteiger partial charge < -0.3 is 50.7 Å². The number of esters is 1. The van der Waals surface area contributed by atoms with Crippen LogP contribution >= 0.6 is 0 Å². The third-order valence-corrected chi connectivity index (χ3v) is 6.58. The molecule has 6 N–H and O–H groups in total. The molecule has 1 aromatic carbocycles. The summed E-state index contributed by atoms with van der Waals surface area (Å²) in [6.45, 7) is 15.6. The molecule has 14 nitrogen and oxygen atoms in total. The third kappa shape index (κ3) is 29.5. The fourth-order valence-electron chi connectivity index (χ4n) is 3.87. The van der Waals surface area contributed by atoms with Crippen LogP contribution in [0.3, 0.4) is 0 Å². The normalized spacial score (nSPS) is 11.9. The molecule has 1 rings (SSSR count). The van der Waals surface area contributed by atoms with Crippen LogP contribution < -0.4 is 27.0 Å². The van der Waals surface area contributed by atoms with E-state index < -0.39 is 5.92 Å². The predicted molar refractivity (Wildman–Crippen MR) is 189 cm³/mol. The summed E-state index contributed by atoms with van der Waals surface area (Å²) in [7, 11) is 0. The molecule has 49 heavy (non-hydrogen) atoms. The first-order chi connectivity index (χ1) is 23.7. The zero-order valence-corrected chi connectivity index (χ0v) is 30.2. The van der Waals surface area contributed by atoms with Gasteiger partial charge >= 0.3 is 5.97 Å². The molecule has 2 unspecified atom stereocenters. The van der Waals surface area contributed by atoms with E-state index in [4.69, 9.17) is 29.4 Å². The van der Waals surface area contributed by atoms with Crippen molar-refractivity contribution < 1.29 is 42.9 Å². The van der Waals surface area contributed by atoms with Gasteiger partial charge in [0.15, 0.2) is 0 Å². The Kier molecular flexibility index (Phi) is 31.2. The Morgan fingerprint density at radius 2 is 1.14 bits per heavy atom. The molecule has 0 fully saturated rings. The lowest BCUT2D eigenvalue weighted by atomic mass is 10.1. The molecular formula is C35H63N5O9. The predicted octanol–water partition coefficient (Wildman–Crippen LogP) is 1.55. The van der Waals surface area contributed by atoms with Gasteiger partial charge in [-0.2, -0.15) is 0 Å². The summed E-state index contributed by atoms with van der Waals surface area (Å²) in [4.78, 5) is 47.3. The highest BCUT2D eigenvalue weighted by Crippen LogP contribution is 2.07. The Bertz CT molecular complexity index is 972. The van der Waals surface area contributed by atoms with Gasteiger partial charge in [-0.1, -0.05) is 58.0 Å². The van der Waals surface area contributed by atoms with Gasteiger partial charge in [0.05, 0.1) is 46.1 Å². The van der Waals surface area contributed by atoms with Crippen LogP contribution in [0.25, 0.3) is 0 Å². The summed E-state index contributed by atoms with van der Waals surface area (Å²) >= 11 is 0. The Balaban J connectivity index is 0.000000942. The summed E-state index contributed by atoms with van der Waals surface area (Å²) in [6.07, 6.45) is 2.21. The van der Waals surface area contributed by atoms with Crippen molar-refractivity contribution in [2.24, 2.45) is 17.6 Å². The standard InChI is InChI=1S/C19H29NO5.C16H34N4O4/c1-3-10-23-12-13-24-11-9-20-19(22)16(2)14-18(21)25-15-17-7-5-4-6-8-17;1-3-9-23-11-12-24-10-8-20-16(22)14(2)13-15(21)19-7-6-18-5-4-17/h4-8,16H,3,9-15H2,1-2H3,(H,20,22);14,18H,3-13,17H2,1-2H3,(H,19,21)(H,20,22). The van der Waals surface area contributed by atoms with Gasteiger partial charge in [0.2, 0.25) is 17.7 Å². The molecule has 3 amide bonds. The molecule has 14 heteroatoms. The minimum absolute atomic E-state index is 0.0599. The maximum atomic E-state index is 11.9. The maximum Gasteiger partial charge on any atom is 0.306 e. The topological polar surface area (TPSA) is 189 Å². The number of nitrogens with two attached hydrogens (primary N) is 1. The van der Waals surface area contributed by atoms with Gasteiger partial charge in [-0.05, 0) is 18.4 Å². The number of benzene rings is 1. The first-order valence-electron chi connectivity index (χ1n) is 17.5. The van der Waals surface area contributed by atoms with E-state index in [0.29, 0.717) is 72.4 Å². The van der Waals surface area contributed by atoms with Gasteiger partial charge in [-0.25, -0.2) is 0 Å². The number of carbonyl (C=O) groups is 4. The number of nitrogens with one attached hydrogen (secondary N) is 4. The molecule has 1 aromatic rings. The first kappa shape index (κ1) is 45.9. The molecule has 0 aliphatic rings. The van der Waals surface area contributed by atoms with E-state index in [1.165, 1.54) is 0 Å². The Morgan fingerprint density at radius 3 is 1.65 bits per heavy atom. The summed E-state index contributed by atoms with van der Waals surface area (Å²) in [5.74, 6) is -1.63. The maximum absolute atomic E-state index is 11.9. The molecule has 0 aliphatic heterocycles. The van der Waals surface area contributed by atoms with E-state index in [1.807, 2.05) is 30.3 Å². The van der Waals surface area contributed by atoms with Crippen molar-refractivity contribution in [1.82, 2.24) is 21.3 Å². The molecular weight excluding hydrogens is 634 g/mol. The molecule has 0 spiro atoms. The van der Waals surface area contributed by atoms with Gasteiger partial charge in [0, 0.05) is 70.7 Å². The quantitative estimate of drug-likeness (QED) is 0.0604. The van der Waals surface area contributed by atoms with E-state index in [0.717, 1.165) is 38.2 Å². The van der Waals surface area contributed by atoms with Crippen molar-refractivity contribution in [3.05, 3.63) is 35.9 Å². The van der Waals surface area contributed by atoms with Crippen LogP contribution in [0.4, 0.5) is 0 Å². The van der Waals surface area contributed by atoms with Crippen LogP contribution in [-0.4, -0.2) is 116 Å². The summed E-state index contributed by atoms with van der Waals surface area (Å²) < 4.78 is 26.4. The van der Waals surface area contributed by atoms with Crippen molar-refractivity contribution in [2.75, 3.05) is 92.1 Å². The molecule has 0 bridgehead atoms. The van der Waals surface area contributed by atoms with Crippen molar-refractivity contribution in [3.63, 3.8) is 0 Å². The fraction of sp³-hybridized carbons (Fsp3) is 0.714. The number of hydrogen-bond acceptors (Lipinski definition) is 11. The molecule has 0 aromatic heterocycles. The largest absolute Gasteiger partial charge is 0.461 e. The van der Waals surface area contributed by atoms with Crippen LogP contribution in [0.15, 0.2) is 30.3 Å². The second kappa shape index (κ2) is 33.4. The van der Waals surface area contributed by atoms with Crippen LogP contribution in [0, 0.1) is 11.8 Å². The highest BCUT2D eigenvalue weighted by Gasteiger charge is 2.18. The van der Waals surface area contributed by atoms with E-state index in [1.54, 1.807) is 13.8 Å². The number of hydrogen-bond donors (Lipinski definition) is 5. The molecule has 282 valence electrons. The lowest BCUT2D eigenvalue weighted by Gasteiger charge is -2.13. The number of carbonyl (C=O) groups excluding carboxylic acids is 4. The van der Waals surface area contributed by atoms with E-state index in [2.05, 4.69) is 35.1 Å². The van der Waals surface area contributed by atoms with Crippen molar-refractivity contribution in [3.8, 4) is 0 Å². The van der Waals surface area contributed by atoms with Crippen LogP contribution in [0.5, 0.6) is 0 Å². The molecule has 2 atom stereocenters. The van der Waals surface area contributed by atoms with Gasteiger partial charge in [0.1, 0.15) is 6.61 Å². The summed E-state index contributed by atoms with van der Waals surface area (Å²) in [5, 5.41) is 11.4. The minimum atomic E-state index is -0.434. The summed E-state index contributed by atoms with van der Waals surface area (Å²) in [5.41, 5.74) is 6.27. The van der Waals surface area contributed by atoms with Crippen LogP contribution in [0.2, 0.25) is 0 Å². The van der Waals surface area contributed by atoms with Gasteiger partial charge in [-0.15, -0.1) is 0 Å². The average Bonchev–Trinajstić information content (AvgIpc) is 3.10. The smallest absolute Gasteiger partial charge is 0.306 e. The number of rotatable bonds is 29. The van der Waals surface area contributed by atoms with Crippen molar-refractivity contribution >= 4 is 23.7 Å². The second-order valence-electron chi connectivity index (χ2n) is 11.3. The van der Waals surface area contributed by atoms with Gasteiger partial charge in [-0.3, -0.25) is 19.2 Å².